The molecule has 5 rings (SSSR count). The molecule has 0 unspecified atom stereocenters. The molecule has 0 aromatic carbocycles. The van der Waals surface area contributed by atoms with E-state index in [0.717, 1.165) is 69.5 Å². The van der Waals surface area contributed by atoms with Gasteiger partial charge >= 0.3 is 5.97 Å². The number of anilines is 3. The van der Waals surface area contributed by atoms with Crippen molar-refractivity contribution >= 4 is 34.5 Å². The number of pyridine rings is 1. The molecule has 180 valence electrons. The summed E-state index contributed by atoms with van der Waals surface area (Å²) in [5, 5.41) is 13.7. The number of hydrogen-bond acceptors (Lipinski definition) is 7. The lowest BCUT2D eigenvalue weighted by Crippen LogP contribution is -2.47. The molecule has 2 N–H and O–H groups in total. The highest BCUT2D eigenvalue weighted by molar-refractivity contribution is 5.93. The first-order chi connectivity index (χ1) is 16.5. The Balaban J connectivity index is 1.31. The van der Waals surface area contributed by atoms with E-state index in [-0.39, 0.29) is 11.7 Å². The Kier molecular flexibility index (Phi) is 6.36. The number of carbonyl (C=O) groups is 1. The maximum atomic E-state index is 11.9. The molecule has 3 aromatic rings. The van der Waals surface area contributed by atoms with E-state index in [2.05, 4.69) is 50.0 Å². The van der Waals surface area contributed by atoms with Crippen LogP contribution in [-0.2, 0) is 0 Å². The minimum atomic E-state index is -0.929. The Morgan fingerprint density at radius 2 is 1.88 bits per heavy atom. The van der Waals surface area contributed by atoms with Crippen LogP contribution in [-0.4, -0.2) is 68.2 Å². The van der Waals surface area contributed by atoms with Crippen LogP contribution in [0.2, 0.25) is 0 Å². The van der Waals surface area contributed by atoms with Crippen molar-refractivity contribution in [1.29, 1.82) is 0 Å². The zero-order chi connectivity index (χ0) is 23.7. The number of fused-ring (bicyclic) bond motifs is 1. The van der Waals surface area contributed by atoms with Gasteiger partial charge < -0.3 is 19.9 Å². The fourth-order valence-electron chi connectivity index (χ4n) is 5.23. The molecular formula is C25H33N7O2. The lowest BCUT2D eigenvalue weighted by molar-refractivity contribution is 0.0683. The molecule has 9 heteroatoms. The van der Waals surface area contributed by atoms with E-state index in [1.54, 1.807) is 12.3 Å². The van der Waals surface area contributed by atoms with Crippen LogP contribution in [0.3, 0.4) is 0 Å². The van der Waals surface area contributed by atoms with Gasteiger partial charge in [-0.15, -0.1) is 0 Å². The second-order valence-corrected chi connectivity index (χ2v) is 9.82. The standard InChI is InChI=1S/C25H33N7O2/c1-17(2)16-30-9-11-31(12-10-30)20-7-8-22(26-15-20)28-25-27-14-18-13-21(24(33)34)32(23(18)29-25)19-5-3-4-6-19/h7-8,13-15,17,19H,3-6,9-12,16H2,1-2H3,(H,33,34)(H,26,27,28,29). The van der Waals surface area contributed by atoms with Crippen LogP contribution in [0, 0.1) is 5.92 Å². The number of hydrogen-bond donors (Lipinski definition) is 2. The van der Waals surface area contributed by atoms with E-state index >= 15 is 0 Å². The van der Waals surface area contributed by atoms with E-state index in [9.17, 15) is 9.90 Å². The van der Waals surface area contributed by atoms with Crippen molar-refractivity contribution in [1.82, 2.24) is 24.4 Å². The number of nitrogens with one attached hydrogen (secondary N) is 1. The smallest absolute Gasteiger partial charge is 0.352 e. The van der Waals surface area contributed by atoms with E-state index < -0.39 is 5.97 Å². The number of rotatable bonds is 7. The van der Waals surface area contributed by atoms with Crippen LogP contribution in [0.5, 0.6) is 0 Å². The Bertz CT molecular complexity index is 1140. The van der Waals surface area contributed by atoms with Gasteiger partial charge in [0, 0.05) is 50.3 Å². The summed E-state index contributed by atoms with van der Waals surface area (Å²) in [4.78, 5) is 30.4. The van der Waals surface area contributed by atoms with E-state index in [0.29, 0.717) is 23.3 Å². The normalized spacial score (nSPS) is 17.7. The maximum Gasteiger partial charge on any atom is 0.352 e. The van der Waals surface area contributed by atoms with Gasteiger partial charge in [-0.1, -0.05) is 26.7 Å². The summed E-state index contributed by atoms with van der Waals surface area (Å²) in [5.41, 5.74) is 2.06. The predicted molar refractivity (Wildman–Crippen MR) is 133 cm³/mol. The monoisotopic (exact) mass is 463 g/mol. The first kappa shape index (κ1) is 22.6. The molecule has 1 saturated carbocycles. The van der Waals surface area contributed by atoms with Gasteiger partial charge in [0.25, 0.3) is 0 Å². The number of nitrogens with zero attached hydrogens (tertiary/aromatic N) is 6. The SMILES string of the molecule is CC(C)CN1CCN(c2ccc(Nc3ncc4cc(C(=O)O)n(C5CCCC5)c4n3)nc2)CC1. The average molecular weight is 464 g/mol. The minimum absolute atomic E-state index is 0.171. The van der Waals surface area contributed by atoms with Crippen molar-refractivity contribution in [2.45, 2.75) is 45.6 Å². The van der Waals surface area contributed by atoms with E-state index in [1.807, 2.05) is 16.8 Å². The number of carboxylic acids is 1. The Morgan fingerprint density at radius 3 is 2.53 bits per heavy atom. The van der Waals surface area contributed by atoms with Crippen LogP contribution in [0.4, 0.5) is 17.5 Å². The van der Waals surface area contributed by atoms with Gasteiger partial charge in [0.2, 0.25) is 5.95 Å². The molecule has 0 bridgehead atoms. The Morgan fingerprint density at radius 1 is 1.12 bits per heavy atom. The highest BCUT2D eigenvalue weighted by Crippen LogP contribution is 2.34. The van der Waals surface area contributed by atoms with Gasteiger partial charge in [-0.2, -0.15) is 4.98 Å². The molecular weight excluding hydrogens is 430 g/mol. The molecule has 9 nitrogen and oxygen atoms in total. The number of carboxylic acid groups (broad SMARTS) is 1. The Labute approximate surface area is 199 Å². The van der Waals surface area contributed by atoms with E-state index in [4.69, 9.17) is 0 Å². The summed E-state index contributed by atoms with van der Waals surface area (Å²) < 4.78 is 1.88. The van der Waals surface area contributed by atoms with Crippen LogP contribution < -0.4 is 10.2 Å². The molecule has 0 atom stereocenters. The molecule has 1 aliphatic heterocycles. The predicted octanol–water partition coefficient (Wildman–Crippen LogP) is 4.16. The van der Waals surface area contributed by atoms with Crippen molar-refractivity contribution in [3.8, 4) is 0 Å². The molecule has 34 heavy (non-hydrogen) atoms. The first-order valence-corrected chi connectivity index (χ1v) is 12.3. The van der Waals surface area contributed by atoms with Crippen LogP contribution in [0.1, 0.15) is 56.1 Å². The fourth-order valence-corrected chi connectivity index (χ4v) is 5.23. The van der Waals surface area contributed by atoms with Crippen molar-refractivity contribution in [2.75, 3.05) is 42.9 Å². The summed E-state index contributed by atoms with van der Waals surface area (Å²) in [6.45, 7) is 9.84. The van der Waals surface area contributed by atoms with Crippen molar-refractivity contribution in [3.05, 3.63) is 36.3 Å². The molecule has 1 aliphatic carbocycles. The molecule has 3 aromatic heterocycles. The van der Waals surface area contributed by atoms with Gasteiger partial charge in [0.1, 0.15) is 17.2 Å². The van der Waals surface area contributed by atoms with Crippen LogP contribution in [0.15, 0.2) is 30.6 Å². The quantitative estimate of drug-likeness (QED) is 0.539. The number of aromatic carboxylic acids is 1. The molecule has 4 heterocycles. The van der Waals surface area contributed by atoms with E-state index in [1.165, 1.54) is 0 Å². The number of aromatic nitrogens is 4. The average Bonchev–Trinajstić information content (AvgIpc) is 3.47. The van der Waals surface area contributed by atoms with Gasteiger partial charge in [-0.25, -0.2) is 14.8 Å². The fraction of sp³-hybridized carbons (Fsp3) is 0.520. The topological polar surface area (TPSA) is 99.4 Å². The first-order valence-electron chi connectivity index (χ1n) is 12.3. The molecule has 2 fully saturated rings. The van der Waals surface area contributed by atoms with Crippen molar-refractivity contribution in [3.63, 3.8) is 0 Å². The van der Waals surface area contributed by atoms with Gasteiger partial charge in [0.05, 0.1) is 11.9 Å². The lowest BCUT2D eigenvalue weighted by atomic mass is 10.2. The largest absolute Gasteiger partial charge is 0.477 e. The summed E-state index contributed by atoms with van der Waals surface area (Å²) in [6.07, 6.45) is 7.76. The third-order valence-corrected chi connectivity index (χ3v) is 6.83. The van der Waals surface area contributed by atoms with Crippen LogP contribution >= 0.6 is 0 Å². The summed E-state index contributed by atoms with van der Waals surface area (Å²) in [5.74, 6) is 0.849. The highest BCUT2D eigenvalue weighted by atomic mass is 16.4. The van der Waals surface area contributed by atoms with Gasteiger partial charge in [0.15, 0.2) is 0 Å². The van der Waals surface area contributed by atoms with Gasteiger partial charge in [-0.3, -0.25) is 4.90 Å². The molecule has 0 radical (unpaired) electrons. The summed E-state index contributed by atoms with van der Waals surface area (Å²) in [6, 6.07) is 5.87. The molecule has 0 amide bonds. The second kappa shape index (κ2) is 9.58. The highest BCUT2D eigenvalue weighted by Gasteiger charge is 2.25. The van der Waals surface area contributed by atoms with Gasteiger partial charge in [-0.05, 0) is 37.0 Å². The summed E-state index contributed by atoms with van der Waals surface area (Å²) in [7, 11) is 0. The molecule has 0 spiro atoms. The summed E-state index contributed by atoms with van der Waals surface area (Å²) >= 11 is 0. The second-order valence-electron chi connectivity index (χ2n) is 9.82. The third-order valence-electron chi connectivity index (χ3n) is 6.83. The molecule has 2 aliphatic rings. The zero-order valence-corrected chi connectivity index (χ0v) is 19.9. The lowest BCUT2D eigenvalue weighted by Gasteiger charge is -2.36. The van der Waals surface area contributed by atoms with Crippen molar-refractivity contribution < 1.29 is 9.90 Å². The third kappa shape index (κ3) is 4.70. The Hall–Kier alpha value is -3.20. The maximum absolute atomic E-state index is 11.9. The minimum Gasteiger partial charge on any atom is -0.477 e. The van der Waals surface area contributed by atoms with Crippen LogP contribution in [0.25, 0.3) is 11.0 Å². The molecule has 1 saturated heterocycles. The zero-order valence-electron chi connectivity index (χ0n) is 19.9. The number of piperazine rings is 1. The van der Waals surface area contributed by atoms with Crippen molar-refractivity contribution in [2.24, 2.45) is 5.92 Å².